The number of carbonyl (C=O) groups is 1. The van der Waals surface area contributed by atoms with Crippen LogP contribution in [0.15, 0.2) is 24.3 Å². The van der Waals surface area contributed by atoms with Gasteiger partial charge >= 0.3 is 0 Å². The predicted octanol–water partition coefficient (Wildman–Crippen LogP) is 2.53. The Balaban J connectivity index is 3.18. The molecule has 0 aliphatic heterocycles. The van der Waals surface area contributed by atoms with E-state index < -0.39 is 21.9 Å². The van der Waals surface area contributed by atoms with Gasteiger partial charge in [0.25, 0.3) is 0 Å². The van der Waals surface area contributed by atoms with E-state index in [0.717, 1.165) is 10.6 Å². The minimum absolute atomic E-state index is 0.0776. The van der Waals surface area contributed by atoms with E-state index in [1.165, 1.54) is 24.3 Å². The van der Waals surface area contributed by atoms with Crippen molar-refractivity contribution in [1.29, 1.82) is 0 Å². The third-order valence-corrected chi connectivity index (χ3v) is 4.96. The predicted molar refractivity (Wildman–Crippen MR) is 90.2 cm³/mol. The van der Waals surface area contributed by atoms with Gasteiger partial charge in [-0.2, -0.15) is 0 Å². The minimum atomic E-state index is -3.69. The third kappa shape index (κ3) is 5.20. The standard InChI is InChI=1S/C16H25FN2O3S/c1-6-15(16(20)18-12(4)11(2)3)19(23(5,21)22)14-9-7-13(17)8-10-14/h7-12,15H,6H2,1-5H3,(H,18,20)/t12-,15+/m1/s1. The van der Waals surface area contributed by atoms with Crippen molar-refractivity contribution in [2.75, 3.05) is 10.6 Å². The zero-order valence-corrected chi connectivity index (χ0v) is 15.0. The van der Waals surface area contributed by atoms with Crippen molar-refractivity contribution >= 4 is 21.6 Å². The first-order valence-corrected chi connectivity index (χ1v) is 9.48. The number of halogens is 1. The molecule has 0 saturated heterocycles. The van der Waals surface area contributed by atoms with E-state index >= 15 is 0 Å². The normalized spacial score (nSPS) is 14.4. The van der Waals surface area contributed by atoms with Crippen LogP contribution in [0.3, 0.4) is 0 Å². The van der Waals surface area contributed by atoms with Crippen LogP contribution in [0.1, 0.15) is 34.1 Å². The summed E-state index contributed by atoms with van der Waals surface area (Å²) in [4.78, 5) is 12.5. The summed E-state index contributed by atoms with van der Waals surface area (Å²) in [5.74, 6) is -0.592. The fraction of sp³-hybridized carbons (Fsp3) is 0.562. The minimum Gasteiger partial charge on any atom is -0.352 e. The number of rotatable bonds is 7. The van der Waals surface area contributed by atoms with Crippen molar-refractivity contribution in [2.24, 2.45) is 5.92 Å². The van der Waals surface area contributed by atoms with E-state index in [9.17, 15) is 17.6 Å². The lowest BCUT2D eigenvalue weighted by atomic mass is 10.1. The summed E-state index contributed by atoms with van der Waals surface area (Å²) in [7, 11) is -3.69. The van der Waals surface area contributed by atoms with Gasteiger partial charge in [-0.25, -0.2) is 12.8 Å². The molecule has 130 valence electrons. The quantitative estimate of drug-likeness (QED) is 0.826. The molecule has 0 unspecified atom stereocenters. The molecule has 23 heavy (non-hydrogen) atoms. The highest BCUT2D eigenvalue weighted by molar-refractivity contribution is 7.92. The highest BCUT2D eigenvalue weighted by Crippen LogP contribution is 2.23. The SMILES string of the molecule is CC[C@@H](C(=O)N[C@H](C)C(C)C)N(c1ccc(F)cc1)S(C)(=O)=O. The van der Waals surface area contributed by atoms with Gasteiger partial charge in [-0.05, 0) is 43.5 Å². The topological polar surface area (TPSA) is 66.5 Å². The molecule has 0 bridgehead atoms. The Morgan fingerprint density at radius 1 is 1.22 bits per heavy atom. The van der Waals surface area contributed by atoms with Crippen LogP contribution in [0.4, 0.5) is 10.1 Å². The summed E-state index contributed by atoms with van der Waals surface area (Å²) in [6.07, 6.45) is 1.35. The number of anilines is 1. The van der Waals surface area contributed by atoms with Crippen molar-refractivity contribution in [2.45, 2.75) is 46.2 Å². The number of hydrogen-bond acceptors (Lipinski definition) is 3. The van der Waals surface area contributed by atoms with Gasteiger partial charge in [0.2, 0.25) is 15.9 Å². The largest absolute Gasteiger partial charge is 0.352 e. The molecule has 0 radical (unpaired) electrons. The highest BCUT2D eigenvalue weighted by atomic mass is 32.2. The Labute approximate surface area is 137 Å². The van der Waals surface area contributed by atoms with Gasteiger partial charge in [0.05, 0.1) is 11.9 Å². The molecule has 0 aliphatic rings. The van der Waals surface area contributed by atoms with Crippen LogP contribution in [0.2, 0.25) is 0 Å². The van der Waals surface area contributed by atoms with Crippen LogP contribution in [-0.4, -0.2) is 32.7 Å². The van der Waals surface area contributed by atoms with Gasteiger partial charge in [-0.3, -0.25) is 9.10 Å². The van der Waals surface area contributed by atoms with Crippen molar-refractivity contribution < 1.29 is 17.6 Å². The number of nitrogens with zero attached hydrogens (tertiary/aromatic N) is 1. The number of carbonyl (C=O) groups excluding carboxylic acids is 1. The average Bonchev–Trinajstić information content (AvgIpc) is 2.44. The molecule has 1 rings (SSSR count). The molecule has 0 heterocycles. The van der Waals surface area contributed by atoms with Crippen LogP contribution in [-0.2, 0) is 14.8 Å². The fourth-order valence-corrected chi connectivity index (χ4v) is 3.35. The zero-order valence-electron chi connectivity index (χ0n) is 14.2. The number of amides is 1. The van der Waals surface area contributed by atoms with Crippen molar-refractivity contribution in [3.8, 4) is 0 Å². The molecule has 1 aromatic carbocycles. The highest BCUT2D eigenvalue weighted by Gasteiger charge is 2.32. The second-order valence-electron chi connectivity index (χ2n) is 6.00. The molecular formula is C16H25FN2O3S. The van der Waals surface area contributed by atoms with Crippen LogP contribution in [0.25, 0.3) is 0 Å². The number of sulfonamides is 1. The van der Waals surface area contributed by atoms with Crippen LogP contribution in [0, 0.1) is 11.7 Å². The van der Waals surface area contributed by atoms with Crippen LogP contribution >= 0.6 is 0 Å². The molecule has 0 aliphatic carbocycles. The number of benzene rings is 1. The third-order valence-electron chi connectivity index (χ3n) is 3.78. The molecule has 1 N–H and O–H groups in total. The van der Waals surface area contributed by atoms with Gasteiger partial charge in [0, 0.05) is 6.04 Å². The molecule has 2 atom stereocenters. The van der Waals surface area contributed by atoms with Gasteiger partial charge < -0.3 is 5.32 Å². The van der Waals surface area contributed by atoms with Crippen molar-refractivity contribution in [1.82, 2.24) is 5.32 Å². The van der Waals surface area contributed by atoms with E-state index in [2.05, 4.69) is 5.32 Å². The zero-order chi connectivity index (χ0) is 17.8. The summed E-state index contributed by atoms with van der Waals surface area (Å²) in [6, 6.07) is 4.11. The molecule has 1 amide bonds. The Morgan fingerprint density at radius 2 is 1.74 bits per heavy atom. The molecule has 0 fully saturated rings. The molecule has 7 heteroatoms. The first-order chi connectivity index (χ1) is 10.6. The molecule has 0 aromatic heterocycles. The van der Waals surface area contributed by atoms with E-state index in [0.29, 0.717) is 6.42 Å². The second kappa shape index (κ2) is 7.77. The molecule has 0 saturated carbocycles. The maximum atomic E-state index is 13.1. The first kappa shape index (κ1) is 19.4. The van der Waals surface area contributed by atoms with Crippen molar-refractivity contribution in [3.05, 3.63) is 30.1 Å². The Hall–Kier alpha value is -1.63. The smallest absolute Gasteiger partial charge is 0.244 e. The summed E-state index contributed by atoms with van der Waals surface area (Å²) >= 11 is 0. The number of hydrogen-bond donors (Lipinski definition) is 1. The monoisotopic (exact) mass is 344 g/mol. The van der Waals surface area contributed by atoms with Gasteiger partial charge in [-0.1, -0.05) is 20.8 Å². The van der Waals surface area contributed by atoms with Gasteiger partial charge in [0.15, 0.2) is 0 Å². The summed E-state index contributed by atoms with van der Waals surface area (Å²) < 4.78 is 38.5. The molecule has 0 spiro atoms. The fourth-order valence-electron chi connectivity index (χ4n) is 2.14. The van der Waals surface area contributed by atoms with E-state index in [1.807, 2.05) is 20.8 Å². The Kier molecular flexibility index (Phi) is 6.56. The Morgan fingerprint density at radius 3 is 2.13 bits per heavy atom. The van der Waals surface area contributed by atoms with Gasteiger partial charge in [0.1, 0.15) is 11.9 Å². The molecule has 1 aromatic rings. The lowest BCUT2D eigenvalue weighted by Gasteiger charge is -2.31. The maximum Gasteiger partial charge on any atom is 0.244 e. The van der Waals surface area contributed by atoms with Crippen molar-refractivity contribution in [3.63, 3.8) is 0 Å². The van der Waals surface area contributed by atoms with E-state index in [4.69, 9.17) is 0 Å². The lowest BCUT2D eigenvalue weighted by Crippen LogP contribution is -2.51. The summed E-state index contributed by atoms with van der Waals surface area (Å²) in [6.45, 7) is 7.56. The van der Waals surface area contributed by atoms with Crippen LogP contribution < -0.4 is 9.62 Å². The Bertz CT molecular complexity index is 629. The van der Waals surface area contributed by atoms with Gasteiger partial charge in [-0.15, -0.1) is 0 Å². The van der Waals surface area contributed by atoms with Crippen LogP contribution in [0.5, 0.6) is 0 Å². The summed E-state index contributed by atoms with van der Waals surface area (Å²) in [5, 5.41) is 2.84. The lowest BCUT2D eigenvalue weighted by molar-refractivity contribution is -0.123. The first-order valence-electron chi connectivity index (χ1n) is 7.63. The average molecular weight is 344 g/mol. The second-order valence-corrected chi connectivity index (χ2v) is 7.86. The molecule has 5 nitrogen and oxygen atoms in total. The van der Waals surface area contributed by atoms with E-state index in [1.54, 1.807) is 6.92 Å². The number of nitrogens with one attached hydrogen (secondary N) is 1. The van der Waals surface area contributed by atoms with E-state index in [-0.39, 0.29) is 23.6 Å². The summed E-state index contributed by atoms with van der Waals surface area (Å²) in [5.41, 5.74) is 0.271. The molecular weight excluding hydrogens is 319 g/mol. The maximum absolute atomic E-state index is 13.1.